The first-order chi connectivity index (χ1) is 9.49. The van der Waals surface area contributed by atoms with E-state index in [0.29, 0.717) is 0 Å². The Balaban J connectivity index is 2.74. The van der Waals surface area contributed by atoms with Crippen molar-refractivity contribution in [3.63, 3.8) is 0 Å². The Bertz CT molecular complexity index is 614. The third-order valence-electron chi connectivity index (χ3n) is 3.68. The molecular formula is C17H21FOS. The Kier molecular flexibility index (Phi) is 4.61. The van der Waals surface area contributed by atoms with Crippen LogP contribution in [0.3, 0.4) is 0 Å². The summed E-state index contributed by atoms with van der Waals surface area (Å²) in [6, 6.07) is 4.98. The molecule has 0 aliphatic carbocycles. The molecule has 3 heteroatoms. The van der Waals surface area contributed by atoms with E-state index in [1.807, 2.05) is 6.07 Å². The molecule has 0 radical (unpaired) electrons. The third-order valence-corrected chi connectivity index (χ3v) is 4.82. The fraction of sp³-hybridized carbons (Fsp3) is 0.412. The summed E-state index contributed by atoms with van der Waals surface area (Å²) >= 11 is 1.64. The lowest BCUT2D eigenvalue weighted by molar-refractivity contribution is 0.286. The molecule has 0 bridgehead atoms. The number of aliphatic hydroxyl groups excluding tert-OH is 1. The van der Waals surface area contributed by atoms with Crippen molar-refractivity contribution in [1.82, 2.24) is 0 Å². The molecule has 1 N–H and O–H groups in total. The molecule has 0 spiro atoms. The zero-order valence-corrected chi connectivity index (χ0v) is 13.3. The largest absolute Gasteiger partial charge is 0.391 e. The lowest BCUT2D eigenvalue weighted by Crippen LogP contribution is -1.97. The highest BCUT2D eigenvalue weighted by molar-refractivity contribution is 7.12. The molecule has 0 amide bonds. The second-order valence-corrected chi connectivity index (χ2v) is 6.64. The summed E-state index contributed by atoms with van der Waals surface area (Å²) in [4.78, 5) is 2.22. The van der Waals surface area contributed by atoms with Crippen LogP contribution in [0.15, 0.2) is 18.2 Å². The molecular weight excluding hydrogens is 271 g/mol. The fourth-order valence-corrected chi connectivity index (χ4v) is 3.87. The lowest BCUT2D eigenvalue weighted by atomic mass is 9.89. The molecule has 0 atom stereocenters. The number of thiophene rings is 1. The maximum Gasteiger partial charge on any atom is 0.123 e. The molecule has 0 aliphatic rings. The fourth-order valence-electron chi connectivity index (χ4n) is 2.73. The van der Waals surface area contributed by atoms with Crippen LogP contribution in [0.2, 0.25) is 0 Å². The van der Waals surface area contributed by atoms with E-state index in [9.17, 15) is 9.50 Å². The van der Waals surface area contributed by atoms with Gasteiger partial charge in [0.05, 0.1) is 6.61 Å². The standard InChI is InChI=1S/C17H21FOS/c1-5-13-11(4)20-16(9-19)17(13)14-7-6-12(18)8-15(14)10(2)3/h6-8,10,19H,5,9H2,1-4H3. The monoisotopic (exact) mass is 292 g/mol. The van der Waals surface area contributed by atoms with Gasteiger partial charge in [0.1, 0.15) is 5.82 Å². The summed E-state index contributed by atoms with van der Waals surface area (Å²) in [6.07, 6.45) is 0.923. The predicted octanol–water partition coefficient (Wildman–Crippen LogP) is 5.04. The summed E-state index contributed by atoms with van der Waals surface area (Å²) < 4.78 is 13.5. The number of halogens is 1. The molecule has 0 aliphatic heterocycles. The van der Waals surface area contributed by atoms with E-state index < -0.39 is 0 Å². The lowest BCUT2D eigenvalue weighted by Gasteiger charge is -2.15. The van der Waals surface area contributed by atoms with Gasteiger partial charge in [-0.25, -0.2) is 4.39 Å². The van der Waals surface area contributed by atoms with Crippen molar-refractivity contribution in [2.24, 2.45) is 0 Å². The van der Waals surface area contributed by atoms with E-state index in [4.69, 9.17) is 0 Å². The zero-order chi connectivity index (χ0) is 14.9. The van der Waals surface area contributed by atoms with Gasteiger partial charge < -0.3 is 5.11 Å². The Morgan fingerprint density at radius 2 is 2.00 bits per heavy atom. The van der Waals surface area contributed by atoms with Gasteiger partial charge in [-0.05, 0) is 48.1 Å². The minimum atomic E-state index is -0.201. The van der Waals surface area contributed by atoms with E-state index in [-0.39, 0.29) is 18.3 Å². The zero-order valence-electron chi connectivity index (χ0n) is 12.5. The normalized spacial score (nSPS) is 11.3. The highest BCUT2D eigenvalue weighted by Crippen LogP contribution is 2.40. The van der Waals surface area contributed by atoms with Crippen molar-refractivity contribution < 1.29 is 9.50 Å². The topological polar surface area (TPSA) is 20.2 Å². The van der Waals surface area contributed by atoms with Crippen LogP contribution in [0.4, 0.5) is 4.39 Å². The van der Waals surface area contributed by atoms with Crippen LogP contribution in [0.1, 0.15) is 47.6 Å². The van der Waals surface area contributed by atoms with Crippen molar-refractivity contribution in [3.05, 3.63) is 44.9 Å². The van der Waals surface area contributed by atoms with Gasteiger partial charge in [0.25, 0.3) is 0 Å². The number of hydrogen-bond donors (Lipinski definition) is 1. The van der Waals surface area contributed by atoms with Crippen molar-refractivity contribution in [2.45, 2.75) is 46.6 Å². The van der Waals surface area contributed by atoms with Gasteiger partial charge in [0, 0.05) is 15.3 Å². The van der Waals surface area contributed by atoms with Crippen LogP contribution in [0.5, 0.6) is 0 Å². The van der Waals surface area contributed by atoms with Crippen LogP contribution in [-0.4, -0.2) is 5.11 Å². The molecule has 1 heterocycles. The number of benzene rings is 1. The molecule has 0 saturated heterocycles. The predicted molar refractivity (Wildman–Crippen MR) is 83.8 cm³/mol. The summed E-state index contributed by atoms with van der Waals surface area (Å²) in [7, 11) is 0. The molecule has 0 fully saturated rings. The molecule has 2 aromatic rings. The molecule has 108 valence electrons. The Morgan fingerprint density at radius 3 is 2.55 bits per heavy atom. The van der Waals surface area contributed by atoms with Crippen molar-refractivity contribution >= 4 is 11.3 Å². The Hall–Kier alpha value is -1.19. The maximum atomic E-state index is 13.5. The summed E-state index contributed by atoms with van der Waals surface area (Å²) in [5.41, 5.74) is 4.45. The van der Waals surface area contributed by atoms with Crippen LogP contribution in [0, 0.1) is 12.7 Å². The van der Waals surface area contributed by atoms with E-state index in [2.05, 4.69) is 27.7 Å². The average molecular weight is 292 g/mol. The average Bonchev–Trinajstić information content (AvgIpc) is 2.74. The molecule has 0 saturated carbocycles. The highest BCUT2D eigenvalue weighted by atomic mass is 32.1. The third kappa shape index (κ3) is 2.65. The van der Waals surface area contributed by atoms with Crippen LogP contribution >= 0.6 is 11.3 Å². The van der Waals surface area contributed by atoms with Crippen molar-refractivity contribution in [2.75, 3.05) is 0 Å². The van der Waals surface area contributed by atoms with Crippen molar-refractivity contribution in [1.29, 1.82) is 0 Å². The van der Waals surface area contributed by atoms with Gasteiger partial charge >= 0.3 is 0 Å². The molecule has 1 aromatic carbocycles. The summed E-state index contributed by atoms with van der Waals surface area (Å²) in [5, 5.41) is 9.63. The van der Waals surface area contributed by atoms with Gasteiger partial charge in [0.2, 0.25) is 0 Å². The quantitative estimate of drug-likeness (QED) is 0.837. The number of hydrogen-bond acceptors (Lipinski definition) is 2. The first-order valence-corrected chi connectivity index (χ1v) is 7.83. The van der Waals surface area contributed by atoms with E-state index in [1.54, 1.807) is 17.4 Å². The smallest absolute Gasteiger partial charge is 0.123 e. The van der Waals surface area contributed by atoms with Crippen LogP contribution in [-0.2, 0) is 13.0 Å². The number of aliphatic hydroxyl groups is 1. The minimum Gasteiger partial charge on any atom is -0.391 e. The summed E-state index contributed by atoms with van der Waals surface area (Å²) in [6.45, 7) is 8.39. The first kappa shape index (κ1) is 15.2. The van der Waals surface area contributed by atoms with Gasteiger partial charge in [-0.15, -0.1) is 11.3 Å². The van der Waals surface area contributed by atoms with Crippen molar-refractivity contribution in [3.8, 4) is 11.1 Å². The second kappa shape index (κ2) is 6.06. The molecule has 1 aromatic heterocycles. The molecule has 20 heavy (non-hydrogen) atoms. The SMILES string of the molecule is CCc1c(C)sc(CO)c1-c1ccc(F)cc1C(C)C. The minimum absolute atomic E-state index is 0.0375. The first-order valence-electron chi connectivity index (χ1n) is 7.01. The second-order valence-electron chi connectivity index (χ2n) is 5.33. The molecule has 2 rings (SSSR count). The summed E-state index contributed by atoms with van der Waals surface area (Å²) in [5.74, 6) is 0.0464. The van der Waals surface area contributed by atoms with Crippen LogP contribution in [0.25, 0.3) is 11.1 Å². The number of rotatable bonds is 4. The van der Waals surface area contributed by atoms with Gasteiger partial charge in [-0.2, -0.15) is 0 Å². The van der Waals surface area contributed by atoms with Crippen LogP contribution < -0.4 is 0 Å². The Labute approximate surface area is 124 Å². The van der Waals surface area contributed by atoms with E-state index in [1.165, 1.54) is 16.5 Å². The van der Waals surface area contributed by atoms with Gasteiger partial charge in [0.15, 0.2) is 0 Å². The maximum absolute atomic E-state index is 13.5. The highest BCUT2D eigenvalue weighted by Gasteiger charge is 2.19. The van der Waals surface area contributed by atoms with E-state index >= 15 is 0 Å². The molecule has 0 unspecified atom stereocenters. The number of aryl methyl sites for hydroxylation is 1. The molecule has 1 nitrogen and oxygen atoms in total. The van der Waals surface area contributed by atoms with Gasteiger partial charge in [-0.1, -0.05) is 26.8 Å². The van der Waals surface area contributed by atoms with E-state index in [0.717, 1.165) is 28.0 Å². The van der Waals surface area contributed by atoms with Gasteiger partial charge in [-0.3, -0.25) is 0 Å². The Morgan fingerprint density at radius 1 is 1.30 bits per heavy atom.